The Morgan fingerprint density at radius 1 is 1.30 bits per heavy atom. The summed E-state index contributed by atoms with van der Waals surface area (Å²) in [4.78, 5) is 19.5. The molecule has 0 unspecified atom stereocenters. The summed E-state index contributed by atoms with van der Waals surface area (Å²) in [6.45, 7) is 8.04. The summed E-state index contributed by atoms with van der Waals surface area (Å²) in [7, 11) is 3.56. The number of nitrogens with two attached hydrogens (primary N) is 1. The van der Waals surface area contributed by atoms with Crippen molar-refractivity contribution in [2.45, 2.75) is 33.7 Å². The zero-order valence-corrected chi connectivity index (χ0v) is 13.1. The predicted octanol–water partition coefficient (Wildman–Crippen LogP) is 2.51. The Hall–Kier alpha value is -2.04. The van der Waals surface area contributed by atoms with Crippen LogP contribution in [0.25, 0.3) is 0 Å². The second kappa shape index (κ2) is 6.41. The highest BCUT2D eigenvalue weighted by Gasteiger charge is 2.24. The first-order valence-electron chi connectivity index (χ1n) is 6.66. The molecule has 1 rings (SSSR count). The number of primary amides is 1. The third-order valence-electron chi connectivity index (χ3n) is 3.30. The average Bonchev–Trinajstić information content (AvgIpc) is 2.35. The maximum atomic E-state index is 11.9. The lowest BCUT2D eigenvalue weighted by Crippen LogP contribution is -2.50. The van der Waals surface area contributed by atoms with Crippen molar-refractivity contribution in [1.29, 1.82) is 0 Å². The number of aryl methyl sites for hydroxylation is 2. The topological polar surface area (TPSA) is 61.9 Å². The molecule has 0 fully saturated rings. The summed E-state index contributed by atoms with van der Waals surface area (Å²) in [6.07, 6.45) is 0. The smallest absolute Gasteiger partial charge is 0.326 e. The summed E-state index contributed by atoms with van der Waals surface area (Å²) in [5.41, 5.74) is 8.46. The van der Waals surface area contributed by atoms with Crippen LogP contribution in [0.4, 0.5) is 10.5 Å². The van der Waals surface area contributed by atoms with Crippen LogP contribution in [0.15, 0.2) is 23.2 Å². The van der Waals surface area contributed by atoms with Crippen LogP contribution >= 0.6 is 0 Å². The molecule has 0 aliphatic carbocycles. The Bertz CT molecular complexity index is 523. The number of hydrogen-bond donors (Lipinski definition) is 1. The number of urea groups is 1. The van der Waals surface area contributed by atoms with E-state index < -0.39 is 6.03 Å². The van der Waals surface area contributed by atoms with Crippen LogP contribution in [0.3, 0.4) is 0 Å². The van der Waals surface area contributed by atoms with E-state index in [0.717, 1.165) is 16.8 Å². The first-order valence-corrected chi connectivity index (χ1v) is 6.66. The minimum Gasteiger partial charge on any atom is -0.351 e. The van der Waals surface area contributed by atoms with E-state index in [1.54, 1.807) is 7.05 Å². The van der Waals surface area contributed by atoms with Crippen LogP contribution in [-0.2, 0) is 0 Å². The van der Waals surface area contributed by atoms with Gasteiger partial charge in [-0.05, 0) is 39.3 Å². The lowest BCUT2D eigenvalue weighted by atomic mass is 10.1. The summed E-state index contributed by atoms with van der Waals surface area (Å²) in [6, 6.07) is 5.55. The largest absolute Gasteiger partial charge is 0.351 e. The molecule has 0 bridgehead atoms. The number of carbonyl (C=O) groups is 1. The first-order chi connectivity index (χ1) is 9.29. The van der Waals surface area contributed by atoms with Crippen molar-refractivity contribution in [2.75, 3.05) is 19.0 Å². The fourth-order valence-corrected chi connectivity index (χ4v) is 2.03. The Balaban J connectivity index is 3.34. The molecule has 2 N–H and O–H groups in total. The van der Waals surface area contributed by atoms with Crippen molar-refractivity contribution in [3.8, 4) is 0 Å². The van der Waals surface area contributed by atoms with Gasteiger partial charge >= 0.3 is 6.03 Å². The summed E-state index contributed by atoms with van der Waals surface area (Å²) >= 11 is 0. The number of anilines is 1. The van der Waals surface area contributed by atoms with Crippen LogP contribution in [0.5, 0.6) is 0 Å². The van der Waals surface area contributed by atoms with E-state index in [-0.39, 0.29) is 6.04 Å². The summed E-state index contributed by atoms with van der Waals surface area (Å²) in [5.74, 6) is 0.541. The molecule has 0 aliphatic heterocycles. The van der Waals surface area contributed by atoms with Gasteiger partial charge in [0.2, 0.25) is 5.96 Å². The van der Waals surface area contributed by atoms with Crippen molar-refractivity contribution >= 4 is 17.7 Å². The van der Waals surface area contributed by atoms with Gasteiger partial charge in [-0.25, -0.2) is 9.69 Å². The van der Waals surface area contributed by atoms with Gasteiger partial charge in [0.1, 0.15) is 0 Å². The number of guanidine groups is 1. The molecule has 5 nitrogen and oxygen atoms in total. The monoisotopic (exact) mass is 276 g/mol. The molecule has 1 aromatic rings. The highest BCUT2D eigenvalue weighted by atomic mass is 16.2. The zero-order valence-electron chi connectivity index (χ0n) is 13.1. The van der Waals surface area contributed by atoms with Gasteiger partial charge in [0, 0.05) is 20.1 Å². The maximum absolute atomic E-state index is 11.9. The molecule has 0 heterocycles. The molecule has 0 spiro atoms. The highest BCUT2D eigenvalue weighted by Crippen LogP contribution is 2.22. The van der Waals surface area contributed by atoms with Crippen LogP contribution < -0.4 is 10.6 Å². The lowest BCUT2D eigenvalue weighted by Gasteiger charge is -2.32. The fraction of sp³-hybridized carbons (Fsp3) is 0.467. The third kappa shape index (κ3) is 3.29. The number of nitrogens with zero attached hydrogens (tertiary/aromatic N) is 3. The SMILES string of the molecule is CN=C(N(C(N)=O)c1ccc(C)cc1C)N(C)C(C)C. The molecular formula is C15H24N4O. The van der Waals surface area contributed by atoms with Crippen molar-refractivity contribution in [1.82, 2.24) is 4.90 Å². The van der Waals surface area contributed by atoms with Crippen LogP contribution in [0.1, 0.15) is 25.0 Å². The van der Waals surface area contributed by atoms with Gasteiger partial charge in [-0.1, -0.05) is 17.7 Å². The molecule has 0 aliphatic rings. The molecule has 0 saturated carbocycles. The van der Waals surface area contributed by atoms with Gasteiger partial charge in [-0.15, -0.1) is 0 Å². The molecule has 5 heteroatoms. The maximum Gasteiger partial charge on any atom is 0.326 e. The van der Waals surface area contributed by atoms with Crippen molar-refractivity contribution in [3.63, 3.8) is 0 Å². The summed E-state index contributed by atoms with van der Waals surface area (Å²) < 4.78 is 0. The fourth-order valence-electron chi connectivity index (χ4n) is 2.03. The van der Waals surface area contributed by atoms with E-state index in [0.29, 0.717) is 5.96 Å². The van der Waals surface area contributed by atoms with Gasteiger partial charge in [0.25, 0.3) is 0 Å². The van der Waals surface area contributed by atoms with E-state index in [9.17, 15) is 4.79 Å². The second-order valence-corrected chi connectivity index (χ2v) is 5.19. The third-order valence-corrected chi connectivity index (χ3v) is 3.30. The molecule has 1 aromatic carbocycles. The number of carbonyl (C=O) groups excluding carboxylic acids is 1. The minimum atomic E-state index is -0.537. The highest BCUT2D eigenvalue weighted by molar-refractivity contribution is 6.15. The van der Waals surface area contributed by atoms with Gasteiger partial charge in [-0.3, -0.25) is 4.99 Å². The molecule has 20 heavy (non-hydrogen) atoms. The molecule has 110 valence electrons. The Morgan fingerprint density at radius 3 is 2.30 bits per heavy atom. The van der Waals surface area contributed by atoms with E-state index >= 15 is 0 Å². The van der Waals surface area contributed by atoms with E-state index in [1.165, 1.54) is 4.90 Å². The second-order valence-electron chi connectivity index (χ2n) is 5.19. The van der Waals surface area contributed by atoms with Crippen molar-refractivity contribution in [3.05, 3.63) is 29.3 Å². The quantitative estimate of drug-likeness (QED) is 0.666. The first kappa shape index (κ1) is 16.0. The predicted molar refractivity (Wildman–Crippen MR) is 84.2 cm³/mol. The van der Waals surface area contributed by atoms with Gasteiger partial charge in [0.05, 0.1) is 5.69 Å². The van der Waals surface area contributed by atoms with E-state index in [1.807, 2.05) is 57.8 Å². The Labute approximate surface area is 121 Å². The standard InChI is InChI=1S/C15H24N4O/c1-10(2)18(6)15(17-5)19(14(16)20)13-8-7-11(3)9-12(13)4/h7-10H,1-6H3,(H2,16,20). The van der Waals surface area contributed by atoms with Crippen LogP contribution in [0, 0.1) is 13.8 Å². The van der Waals surface area contributed by atoms with Gasteiger partial charge in [-0.2, -0.15) is 0 Å². The number of rotatable bonds is 2. The molecule has 0 radical (unpaired) electrons. The van der Waals surface area contributed by atoms with E-state index in [4.69, 9.17) is 5.73 Å². The zero-order chi connectivity index (χ0) is 15.4. The number of aliphatic imine (C=N–C) groups is 1. The van der Waals surface area contributed by atoms with E-state index in [2.05, 4.69) is 4.99 Å². The molecule has 2 amide bonds. The van der Waals surface area contributed by atoms with Crippen LogP contribution in [-0.4, -0.2) is 37.0 Å². The minimum absolute atomic E-state index is 0.210. The molecular weight excluding hydrogens is 252 g/mol. The normalized spacial score (nSPS) is 11.7. The Morgan fingerprint density at radius 2 is 1.90 bits per heavy atom. The molecule has 0 aromatic heterocycles. The van der Waals surface area contributed by atoms with Crippen molar-refractivity contribution < 1.29 is 4.79 Å². The Kier molecular flexibility index (Phi) is 5.13. The summed E-state index contributed by atoms with van der Waals surface area (Å²) in [5, 5.41) is 0. The van der Waals surface area contributed by atoms with Crippen LogP contribution in [0.2, 0.25) is 0 Å². The average molecular weight is 276 g/mol. The number of amides is 2. The lowest BCUT2D eigenvalue weighted by molar-refractivity contribution is 0.255. The number of benzene rings is 1. The van der Waals surface area contributed by atoms with Gasteiger partial charge in [0.15, 0.2) is 0 Å². The van der Waals surface area contributed by atoms with Gasteiger partial charge < -0.3 is 10.6 Å². The molecule has 0 saturated heterocycles. The molecule has 0 atom stereocenters. The van der Waals surface area contributed by atoms with Crippen molar-refractivity contribution in [2.24, 2.45) is 10.7 Å². The number of hydrogen-bond acceptors (Lipinski definition) is 2.